The molecular weight excluding hydrogens is 424 g/mol. The molecule has 0 unspecified atom stereocenters. The Bertz CT molecular complexity index is 1440. The quantitative estimate of drug-likeness (QED) is 0.367. The largest absolute Gasteiger partial charge is 0.340 e. The Morgan fingerprint density at radius 1 is 0.969 bits per heavy atom. The van der Waals surface area contributed by atoms with Crippen molar-refractivity contribution < 1.29 is 18.4 Å². The van der Waals surface area contributed by atoms with Gasteiger partial charge in [0.15, 0.2) is 9.84 Å². The molecule has 1 amide bonds. The fraction of sp³-hybridized carbons (Fsp3) is 0.160. The van der Waals surface area contributed by atoms with Crippen LogP contribution in [0.5, 0.6) is 0 Å². The van der Waals surface area contributed by atoms with Crippen LogP contribution in [0.25, 0.3) is 22.0 Å². The van der Waals surface area contributed by atoms with Gasteiger partial charge in [-0.05, 0) is 46.5 Å². The zero-order valence-electron chi connectivity index (χ0n) is 17.3. The van der Waals surface area contributed by atoms with Crippen molar-refractivity contribution in [2.45, 2.75) is 18.7 Å². The topological polar surface area (TPSA) is 88.4 Å². The number of hydrogen-bond acceptors (Lipinski definition) is 4. The molecule has 0 saturated heterocycles. The Hall–Kier alpha value is -3.42. The van der Waals surface area contributed by atoms with Crippen LogP contribution < -0.4 is 5.48 Å². The summed E-state index contributed by atoms with van der Waals surface area (Å²) in [5.74, 6) is -0.392. The number of nitrogens with one attached hydrogen (secondary N) is 1. The van der Waals surface area contributed by atoms with E-state index in [1.165, 1.54) is 0 Å². The Labute approximate surface area is 186 Å². The summed E-state index contributed by atoms with van der Waals surface area (Å²) in [4.78, 5) is 11.8. The highest BCUT2D eigenvalue weighted by atomic mass is 32.2. The van der Waals surface area contributed by atoms with Crippen molar-refractivity contribution in [2.75, 3.05) is 5.75 Å². The van der Waals surface area contributed by atoms with E-state index in [2.05, 4.69) is 16.7 Å². The van der Waals surface area contributed by atoms with Crippen LogP contribution in [0.15, 0.2) is 72.8 Å². The summed E-state index contributed by atoms with van der Waals surface area (Å²) in [5.41, 5.74) is 7.92. The number of rotatable bonds is 4. The standard InChI is InChI=1S/C25H22N2O4S/c28-25(26-29)20-8-4-5-17(13-20)15-27-23-10-9-19(18-6-2-1-3-7-18)14-21(23)22-16-32(30,31)12-11-24(22)27/h1-10,13-14,29H,11-12,15-16H2,(H,26,28). The number of hydroxylamine groups is 1. The van der Waals surface area contributed by atoms with E-state index in [-0.39, 0.29) is 11.5 Å². The van der Waals surface area contributed by atoms with E-state index in [1.54, 1.807) is 23.7 Å². The van der Waals surface area contributed by atoms with Crippen molar-refractivity contribution in [3.05, 3.63) is 95.2 Å². The van der Waals surface area contributed by atoms with E-state index in [4.69, 9.17) is 5.21 Å². The minimum absolute atomic E-state index is 0.0387. The zero-order valence-corrected chi connectivity index (χ0v) is 18.1. The number of nitrogens with zero attached hydrogens (tertiary/aromatic N) is 1. The van der Waals surface area contributed by atoms with Gasteiger partial charge < -0.3 is 4.57 Å². The second kappa shape index (κ2) is 7.93. The molecule has 1 aliphatic heterocycles. The summed E-state index contributed by atoms with van der Waals surface area (Å²) in [6.07, 6.45) is 0.462. The van der Waals surface area contributed by atoms with Gasteiger partial charge >= 0.3 is 0 Å². The number of amides is 1. The predicted molar refractivity (Wildman–Crippen MR) is 123 cm³/mol. The van der Waals surface area contributed by atoms with Gasteiger partial charge in [0, 0.05) is 35.1 Å². The molecule has 0 fully saturated rings. The molecule has 4 aromatic rings. The maximum atomic E-state index is 12.5. The van der Waals surface area contributed by atoms with Gasteiger partial charge in [-0.25, -0.2) is 13.9 Å². The fourth-order valence-electron chi connectivity index (χ4n) is 4.52. The third kappa shape index (κ3) is 3.70. The molecule has 0 bridgehead atoms. The summed E-state index contributed by atoms with van der Waals surface area (Å²) < 4.78 is 27.1. The Kier molecular flexibility index (Phi) is 5.07. The lowest BCUT2D eigenvalue weighted by Gasteiger charge is -2.17. The predicted octanol–water partition coefficient (Wildman–Crippen LogP) is 3.95. The van der Waals surface area contributed by atoms with E-state index in [9.17, 15) is 13.2 Å². The third-order valence-electron chi connectivity index (χ3n) is 6.04. The molecule has 162 valence electrons. The first-order valence-electron chi connectivity index (χ1n) is 10.4. The molecule has 1 aromatic heterocycles. The highest BCUT2D eigenvalue weighted by Crippen LogP contribution is 2.35. The molecule has 0 radical (unpaired) electrons. The molecule has 3 aromatic carbocycles. The highest BCUT2D eigenvalue weighted by molar-refractivity contribution is 7.90. The minimum atomic E-state index is -3.14. The zero-order chi connectivity index (χ0) is 22.3. The van der Waals surface area contributed by atoms with Gasteiger partial charge in [0.2, 0.25) is 0 Å². The molecule has 1 aliphatic rings. The van der Waals surface area contributed by atoms with E-state index in [0.717, 1.165) is 38.9 Å². The molecular formula is C25H22N2O4S. The smallest absolute Gasteiger partial charge is 0.274 e. The fourth-order valence-corrected chi connectivity index (χ4v) is 5.93. The van der Waals surface area contributed by atoms with Crippen molar-refractivity contribution in [3.63, 3.8) is 0 Å². The van der Waals surface area contributed by atoms with Crippen LogP contribution in [0.2, 0.25) is 0 Å². The first-order chi connectivity index (χ1) is 15.4. The lowest BCUT2D eigenvalue weighted by atomic mass is 10.0. The van der Waals surface area contributed by atoms with Crippen molar-refractivity contribution in [1.82, 2.24) is 10.0 Å². The lowest BCUT2D eigenvalue weighted by Crippen LogP contribution is -2.21. The summed E-state index contributed by atoms with van der Waals surface area (Å²) in [7, 11) is -3.14. The Morgan fingerprint density at radius 3 is 2.56 bits per heavy atom. The minimum Gasteiger partial charge on any atom is -0.340 e. The molecule has 0 atom stereocenters. The molecule has 6 nitrogen and oxygen atoms in total. The van der Waals surface area contributed by atoms with Crippen LogP contribution in [-0.4, -0.2) is 29.9 Å². The summed E-state index contributed by atoms with van der Waals surface area (Å²) in [6.45, 7) is 0.503. The Morgan fingerprint density at radius 2 is 1.78 bits per heavy atom. The molecule has 32 heavy (non-hydrogen) atoms. The monoisotopic (exact) mass is 446 g/mol. The van der Waals surface area contributed by atoms with Crippen molar-refractivity contribution in [1.29, 1.82) is 0 Å². The second-order valence-electron chi connectivity index (χ2n) is 8.09. The summed E-state index contributed by atoms with van der Waals surface area (Å²) in [6, 6.07) is 23.3. The van der Waals surface area contributed by atoms with Crippen LogP contribution in [0, 0.1) is 0 Å². The van der Waals surface area contributed by atoms with Gasteiger partial charge in [-0.2, -0.15) is 0 Å². The van der Waals surface area contributed by atoms with Gasteiger partial charge in [-0.1, -0.05) is 48.5 Å². The van der Waals surface area contributed by atoms with E-state index >= 15 is 0 Å². The van der Waals surface area contributed by atoms with Crippen molar-refractivity contribution in [2.24, 2.45) is 0 Å². The number of fused-ring (bicyclic) bond motifs is 3. The summed E-state index contributed by atoms with van der Waals surface area (Å²) >= 11 is 0. The number of benzene rings is 3. The van der Waals surface area contributed by atoms with Gasteiger partial charge in [-0.15, -0.1) is 0 Å². The van der Waals surface area contributed by atoms with Crippen LogP contribution in [0.4, 0.5) is 0 Å². The number of hydrogen-bond donors (Lipinski definition) is 2. The van der Waals surface area contributed by atoms with Crippen LogP contribution >= 0.6 is 0 Å². The van der Waals surface area contributed by atoms with Crippen LogP contribution in [0.1, 0.15) is 27.2 Å². The molecule has 0 saturated carbocycles. The summed E-state index contributed by atoms with van der Waals surface area (Å²) in [5, 5.41) is 9.90. The second-order valence-corrected chi connectivity index (χ2v) is 10.3. The molecule has 7 heteroatoms. The molecule has 0 aliphatic carbocycles. The highest BCUT2D eigenvalue weighted by Gasteiger charge is 2.28. The first kappa shape index (κ1) is 20.5. The number of carbonyl (C=O) groups excluding carboxylic acids is 1. The van der Waals surface area contributed by atoms with Crippen molar-refractivity contribution in [3.8, 4) is 11.1 Å². The Balaban J connectivity index is 1.65. The maximum absolute atomic E-state index is 12.5. The van der Waals surface area contributed by atoms with Gasteiger partial charge in [0.25, 0.3) is 5.91 Å². The number of carbonyl (C=O) groups is 1. The normalized spacial score (nSPS) is 14.8. The van der Waals surface area contributed by atoms with Crippen LogP contribution in [0.3, 0.4) is 0 Å². The lowest BCUT2D eigenvalue weighted by molar-refractivity contribution is 0.0706. The van der Waals surface area contributed by atoms with E-state index < -0.39 is 15.7 Å². The number of sulfone groups is 1. The van der Waals surface area contributed by atoms with Crippen molar-refractivity contribution >= 4 is 26.6 Å². The average Bonchev–Trinajstić information content (AvgIpc) is 3.10. The van der Waals surface area contributed by atoms with Gasteiger partial charge in [0.05, 0.1) is 11.5 Å². The van der Waals surface area contributed by atoms with Crippen LogP contribution in [-0.2, 0) is 28.6 Å². The third-order valence-corrected chi connectivity index (χ3v) is 7.59. The molecule has 0 spiro atoms. The molecule has 2 heterocycles. The average molecular weight is 447 g/mol. The van der Waals surface area contributed by atoms with E-state index in [1.807, 2.05) is 42.5 Å². The molecule has 5 rings (SSSR count). The molecule has 2 N–H and O–H groups in total. The first-order valence-corrected chi connectivity index (χ1v) is 12.2. The number of aromatic nitrogens is 1. The van der Waals surface area contributed by atoms with Gasteiger partial charge in [0.1, 0.15) is 0 Å². The van der Waals surface area contributed by atoms with Gasteiger partial charge in [-0.3, -0.25) is 10.0 Å². The maximum Gasteiger partial charge on any atom is 0.274 e. The van der Waals surface area contributed by atoms with E-state index in [0.29, 0.717) is 18.5 Å². The SMILES string of the molecule is O=C(NO)c1cccc(Cn2c3c(c4cc(-c5ccccc5)ccc42)CS(=O)(=O)CC3)c1.